The topological polar surface area (TPSA) is 12.0 Å². The number of halogens is 2. The van der Waals surface area contributed by atoms with Gasteiger partial charge in [0.1, 0.15) is 0 Å². The van der Waals surface area contributed by atoms with E-state index >= 15 is 0 Å². The average molecular weight is 314 g/mol. The highest BCUT2D eigenvalue weighted by Gasteiger charge is 2.46. The number of benzene rings is 1. The molecule has 0 heterocycles. The summed E-state index contributed by atoms with van der Waals surface area (Å²) in [6.45, 7) is 9.80. The maximum atomic E-state index is 6.46. The van der Waals surface area contributed by atoms with Crippen LogP contribution >= 0.6 is 23.2 Å². The molecule has 0 atom stereocenters. The Bertz CT molecular complexity index is 450. The Morgan fingerprint density at radius 1 is 1.20 bits per heavy atom. The molecule has 3 heteroatoms. The predicted octanol–water partition coefficient (Wildman–Crippen LogP) is 5.44. The number of hydrogen-bond acceptors (Lipinski definition) is 1. The molecule has 1 fully saturated rings. The summed E-state index contributed by atoms with van der Waals surface area (Å²) in [5, 5.41) is 5.26. The van der Waals surface area contributed by atoms with Crippen LogP contribution < -0.4 is 5.32 Å². The van der Waals surface area contributed by atoms with Gasteiger partial charge in [-0.1, -0.05) is 42.6 Å². The van der Waals surface area contributed by atoms with Crippen molar-refractivity contribution in [3.8, 4) is 0 Å². The minimum Gasteiger partial charge on any atom is -0.311 e. The van der Waals surface area contributed by atoms with Crippen LogP contribution in [0.15, 0.2) is 18.2 Å². The van der Waals surface area contributed by atoms with E-state index in [0.717, 1.165) is 28.1 Å². The highest BCUT2D eigenvalue weighted by molar-refractivity contribution is 6.36. The van der Waals surface area contributed by atoms with Gasteiger partial charge in [0.25, 0.3) is 0 Å². The third-order valence-electron chi connectivity index (χ3n) is 4.39. The smallest absolute Gasteiger partial charge is 0.0459 e. The molecule has 1 aromatic carbocycles. The minimum absolute atomic E-state index is 0.101. The first-order valence-corrected chi connectivity index (χ1v) is 8.22. The van der Waals surface area contributed by atoms with Crippen molar-refractivity contribution in [3.63, 3.8) is 0 Å². The second-order valence-electron chi connectivity index (χ2n) is 7.16. The van der Waals surface area contributed by atoms with Crippen molar-refractivity contribution >= 4 is 23.2 Å². The summed E-state index contributed by atoms with van der Waals surface area (Å²) in [4.78, 5) is 0. The molecular formula is C17H25Cl2N. The van der Waals surface area contributed by atoms with Crippen LogP contribution in [0.4, 0.5) is 0 Å². The number of rotatable bonds is 4. The number of nitrogens with one attached hydrogen (secondary N) is 1. The Hall–Kier alpha value is -0.240. The first-order chi connectivity index (χ1) is 9.27. The van der Waals surface area contributed by atoms with Crippen LogP contribution in [0.2, 0.25) is 10.0 Å². The van der Waals surface area contributed by atoms with Crippen LogP contribution in [0.5, 0.6) is 0 Å². The van der Waals surface area contributed by atoms with E-state index in [9.17, 15) is 0 Å². The Morgan fingerprint density at radius 3 is 2.20 bits per heavy atom. The van der Waals surface area contributed by atoms with Crippen LogP contribution in [0.25, 0.3) is 0 Å². The lowest BCUT2D eigenvalue weighted by molar-refractivity contribution is 0.125. The van der Waals surface area contributed by atoms with Gasteiger partial charge in [0.2, 0.25) is 0 Å². The Labute approximate surface area is 133 Å². The molecule has 0 aliphatic heterocycles. The zero-order chi connectivity index (χ0) is 15.0. The second kappa shape index (κ2) is 5.87. The van der Waals surface area contributed by atoms with Crippen molar-refractivity contribution in [2.75, 3.05) is 6.54 Å². The standard InChI is InChI=1S/C17H25Cl2N/c1-5-12-9-17(10-12,11-20-16(2,3)4)15-13(18)7-6-8-14(15)19/h6-8,12,20H,5,9-11H2,1-4H3. The molecule has 0 amide bonds. The van der Waals surface area contributed by atoms with E-state index < -0.39 is 0 Å². The Morgan fingerprint density at radius 2 is 1.75 bits per heavy atom. The molecule has 1 nitrogen and oxygen atoms in total. The van der Waals surface area contributed by atoms with Gasteiger partial charge in [-0.15, -0.1) is 0 Å². The van der Waals surface area contributed by atoms with Crippen LogP contribution in [0.3, 0.4) is 0 Å². The number of hydrogen-bond donors (Lipinski definition) is 1. The average Bonchev–Trinajstić information content (AvgIpc) is 2.29. The fourth-order valence-electron chi connectivity index (χ4n) is 3.21. The molecule has 1 aliphatic carbocycles. The molecule has 2 rings (SSSR count). The van der Waals surface area contributed by atoms with Crippen molar-refractivity contribution in [1.29, 1.82) is 0 Å². The molecular weight excluding hydrogens is 289 g/mol. The van der Waals surface area contributed by atoms with Gasteiger partial charge in [-0.2, -0.15) is 0 Å². The van der Waals surface area contributed by atoms with Crippen molar-refractivity contribution in [3.05, 3.63) is 33.8 Å². The summed E-state index contributed by atoms with van der Waals surface area (Å²) in [6.07, 6.45) is 3.59. The van der Waals surface area contributed by atoms with Crippen molar-refractivity contribution in [1.82, 2.24) is 5.32 Å². The summed E-state index contributed by atoms with van der Waals surface area (Å²) in [7, 11) is 0. The van der Waals surface area contributed by atoms with E-state index in [4.69, 9.17) is 23.2 Å². The lowest BCUT2D eigenvalue weighted by Crippen LogP contribution is -2.52. The van der Waals surface area contributed by atoms with E-state index in [2.05, 4.69) is 33.0 Å². The fraction of sp³-hybridized carbons (Fsp3) is 0.647. The van der Waals surface area contributed by atoms with Gasteiger partial charge in [-0.25, -0.2) is 0 Å². The van der Waals surface area contributed by atoms with Gasteiger partial charge in [-0.3, -0.25) is 0 Å². The zero-order valence-corrected chi connectivity index (χ0v) is 14.4. The van der Waals surface area contributed by atoms with Gasteiger partial charge in [0, 0.05) is 27.5 Å². The first-order valence-electron chi connectivity index (χ1n) is 7.47. The molecule has 1 N–H and O–H groups in total. The van der Waals surface area contributed by atoms with Crippen LogP contribution in [0, 0.1) is 5.92 Å². The summed E-state index contributed by atoms with van der Waals surface area (Å²) in [5.41, 5.74) is 1.35. The largest absolute Gasteiger partial charge is 0.311 e. The second-order valence-corrected chi connectivity index (χ2v) is 7.98. The molecule has 0 radical (unpaired) electrons. The highest BCUT2D eigenvalue weighted by Crippen LogP contribution is 2.52. The lowest BCUT2D eigenvalue weighted by atomic mass is 9.57. The van der Waals surface area contributed by atoms with E-state index in [1.807, 2.05) is 18.2 Å². The van der Waals surface area contributed by atoms with Crippen LogP contribution in [0.1, 0.15) is 52.5 Å². The van der Waals surface area contributed by atoms with Crippen molar-refractivity contribution in [2.24, 2.45) is 5.92 Å². The Balaban J connectivity index is 2.29. The SMILES string of the molecule is CCC1CC(CNC(C)(C)C)(c2c(Cl)cccc2Cl)C1. The molecule has 0 aromatic heterocycles. The molecule has 0 bridgehead atoms. The van der Waals surface area contributed by atoms with Gasteiger partial charge in [-0.05, 0) is 57.2 Å². The van der Waals surface area contributed by atoms with Crippen LogP contribution in [-0.2, 0) is 5.41 Å². The molecule has 112 valence electrons. The van der Waals surface area contributed by atoms with Crippen molar-refractivity contribution < 1.29 is 0 Å². The summed E-state index contributed by atoms with van der Waals surface area (Å²) < 4.78 is 0. The quantitative estimate of drug-likeness (QED) is 0.780. The van der Waals surface area contributed by atoms with E-state index in [1.165, 1.54) is 19.3 Å². The third-order valence-corrected chi connectivity index (χ3v) is 5.02. The molecule has 0 saturated heterocycles. The molecule has 1 aliphatic rings. The summed E-state index contributed by atoms with van der Waals surface area (Å²) in [5.74, 6) is 0.795. The van der Waals surface area contributed by atoms with Crippen LogP contribution in [-0.4, -0.2) is 12.1 Å². The van der Waals surface area contributed by atoms with Crippen molar-refractivity contribution in [2.45, 2.75) is 57.9 Å². The maximum absolute atomic E-state index is 6.46. The molecule has 0 unspecified atom stereocenters. The zero-order valence-electron chi connectivity index (χ0n) is 12.9. The summed E-state index contributed by atoms with van der Waals surface area (Å²) >= 11 is 12.9. The van der Waals surface area contributed by atoms with E-state index in [-0.39, 0.29) is 11.0 Å². The maximum Gasteiger partial charge on any atom is 0.0459 e. The molecule has 1 saturated carbocycles. The highest BCUT2D eigenvalue weighted by atomic mass is 35.5. The lowest BCUT2D eigenvalue weighted by Gasteiger charge is -2.50. The monoisotopic (exact) mass is 313 g/mol. The predicted molar refractivity (Wildman–Crippen MR) is 88.9 cm³/mol. The van der Waals surface area contributed by atoms with Gasteiger partial charge in [0.05, 0.1) is 0 Å². The third kappa shape index (κ3) is 3.32. The molecule has 20 heavy (non-hydrogen) atoms. The Kier molecular flexibility index (Phi) is 4.73. The fourth-order valence-corrected chi connectivity index (χ4v) is 4.01. The molecule has 0 spiro atoms. The first kappa shape index (κ1) is 16.1. The van der Waals surface area contributed by atoms with E-state index in [0.29, 0.717) is 0 Å². The summed E-state index contributed by atoms with van der Waals surface area (Å²) in [6, 6.07) is 5.84. The van der Waals surface area contributed by atoms with E-state index in [1.54, 1.807) is 0 Å². The van der Waals surface area contributed by atoms with Gasteiger partial charge in [0.15, 0.2) is 0 Å². The van der Waals surface area contributed by atoms with Gasteiger partial charge < -0.3 is 5.32 Å². The minimum atomic E-state index is 0.101. The molecule has 1 aromatic rings. The van der Waals surface area contributed by atoms with Gasteiger partial charge >= 0.3 is 0 Å². The normalized spacial score (nSPS) is 26.4.